The number of carbonyl (C=O) groups excluding carboxylic acids is 2. The van der Waals surface area contributed by atoms with Crippen LogP contribution in [0.3, 0.4) is 0 Å². The number of anilines is 2. The summed E-state index contributed by atoms with van der Waals surface area (Å²) >= 11 is 0. The molecule has 0 atom stereocenters. The Kier molecular flexibility index (Phi) is 5.72. The van der Waals surface area contributed by atoms with E-state index in [1.807, 2.05) is 48.5 Å². The highest BCUT2D eigenvalue weighted by molar-refractivity contribution is 6.42. The fourth-order valence-corrected chi connectivity index (χ4v) is 6.97. The highest BCUT2D eigenvalue weighted by Crippen LogP contribution is 2.50. The Morgan fingerprint density at radius 3 is 1.83 bits per heavy atom. The van der Waals surface area contributed by atoms with Gasteiger partial charge in [-0.2, -0.15) is 0 Å². The molecule has 42 heavy (non-hydrogen) atoms. The number of rotatable bonds is 2. The number of allylic oxidation sites excluding steroid dienone is 1. The number of aryl methyl sites for hydroxylation is 3. The third kappa shape index (κ3) is 3.82. The molecule has 0 saturated heterocycles. The third-order valence-electron chi connectivity index (χ3n) is 9.02. The van der Waals surface area contributed by atoms with E-state index in [-0.39, 0.29) is 22.6 Å². The SMILES string of the molecule is [B]N1c2ccc(C=C3C(=O)c4cc5ccccc5cc4C3=O)cc2C(C)(C)c2cc(-c3c(C)cc(C)cc3C)ccc21. The van der Waals surface area contributed by atoms with Gasteiger partial charge in [0.15, 0.2) is 11.6 Å². The van der Waals surface area contributed by atoms with Gasteiger partial charge in [0.25, 0.3) is 0 Å². The van der Waals surface area contributed by atoms with Crippen molar-refractivity contribution in [2.75, 3.05) is 4.81 Å². The summed E-state index contributed by atoms with van der Waals surface area (Å²) in [4.78, 5) is 28.6. The van der Waals surface area contributed by atoms with E-state index in [1.165, 1.54) is 27.8 Å². The molecule has 2 radical (unpaired) electrons. The molecule has 0 spiro atoms. The summed E-state index contributed by atoms with van der Waals surface area (Å²) in [6.07, 6.45) is 1.73. The quantitative estimate of drug-likeness (QED) is 0.127. The largest absolute Gasteiger partial charge is 0.397 e. The Morgan fingerprint density at radius 1 is 0.690 bits per heavy atom. The van der Waals surface area contributed by atoms with E-state index in [0.717, 1.165) is 38.8 Å². The molecule has 0 saturated carbocycles. The molecule has 7 rings (SSSR count). The Balaban J connectivity index is 1.31. The number of hydrogen-bond acceptors (Lipinski definition) is 3. The van der Waals surface area contributed by atoms with Crippen LogP contribution < -0.4 is 4.81 Å². The van der Waals surface area contributed by atoms with Gasteiger partial charge in [-0.15, -0.1) is 0 Å². The van der Waals surface area contributed by atoms with Crippen molar-refractivity contribution in [3.05, 3.63) is 135 Å². The molecule has 0 N–H and O–H groups in total. The zero-order valence-electron chi connectivity index (χ0n) is 24.5. The van der Waals surface area contributed by atoms with Crippen molar-refractivity contribution in [3.63, 3.8) is 0 Å². The van der Waals surface area contributed by atoms with E-state index in [0.29, 0.717) is 11.1 Å². The highest BCUT2D eigenvalue weighted by Gasteiger charge is 2.36. The van der Waals surface area contributed by atoms with Gasteiger partial charge in [-0.3, -0.25) is 9.59 Å². The van der Waals surface area contributed by atoms with Gasteiger partial charge in [0.05, 0.1) is 5.57 Å². The van der Waals surface area contributed by atoms with E-state index in [2.05, 4.69) is 71.0 Å². The first-order valence-corrected chi connectivity index (χ1v) is 14.3. The maximum atomic E-state index is 13.4. The second-order valence-corrected chi connectivity index (χ2v) is 12.2. The van der Waals surface area contributed by atoms with Crippen LogP contribution in [0.25, 0.3) is 28.0 Å². The molecular weight excluding hydrogens is 513 g/mol. The van der Waals surface area contributed by atoms with Crippen LogP contribution in [0.4, 0.5) is 11.4 Å². The van der Waals surface area contributed by atoms with E-state index >= 15 is 0 Å². The maximum absolute atomic E-state index is 13.4. The Hall–Kier alpha value is -4.70. The predicted molar refractivity (Wildman–Crippen MR) is 173 cm³/mol. The summed E-state index contributed by atoms with van der Waals surface area (Å²) in [5.41, 5.74) is 11.8. The molecule has 0 unspecified atom stereocenters. The van der Waals surface area contributed by atoms with Gasteiger partial charge >= 0.3 is 0 Å². The lowest BCUT2D eigenvalue weighted by atomic mass is 9.71. The van der Waals surface area contributed by atoms with Crippen molar-refractivity contribution >= 4 is 47.8 Å². The predicted octanol–water partition coefficient (Wildman–Crippen LogP) is 8.76. The Labute approximate surface area is 247 Å². The topological polar surface area (TPSA) is 37.4 Å². The number of nitrogens with zero attached hydrogens (tertiary/aromatic N) is 1. The second-order valence-electron chi connectivity index (χ2n) is 12.2. The number of carbonyl (C=O) groups is 2. The number of Topliss-reactive ketones (excluding diaryl/α,β-unsaturated/α-hetero) is 2. The van der Waals surface area contributed by atoms with Gasteiger partial charge in [-0.25, -0.2) is 0 Å². The standard InChI is InChI=1S/C38H30BNO2/c1-21-14-22(2)35(23(3)15-21)27-11-13-34-32(20-27)38(4,5)31-17-24(10-12-33(31)40(34)39)16-30-36(41)28-18-25-8-6-7-9-26(25)19-29(28)37(30)42/h6-20H,1-5H3. The molecule has 1 aliphatic heterocycles. The van der Waals surface area contributed by atoms with Crippen LogP contribution >= 0.6 is 0 Å². The van der Waals surface area contributed by atoms with Crippen molar-refractivity contribution < 1.29 is 9.59 Å². The monoisotopic (exact) mass is 543 g/mol. The van der Waals surface area contributed by atoms with Crippen molar-refractivity contribution in [2.45, 2.75) is 40.0 Å². The lowest BCUT2D eigenvalue weighted by molar-refractivity contribution is 0.0990. The molecular formula is C38H30BNO2. The summed E-state index contributed by atoms with van der Waals surface area (Å²) < 4.78 is 0. The maximum Gasteiger partial charge on any atom is 0.234 e. The smallest absolute Gasteiger partial charge is 0.234 e. The number of ketones is 2. The molecule has 1 heterocycles. The first-order chi connectivity index (χ1) is 20.0. The van der Waals surface area contributed by atoms with Crippen molar-refractivity contribution in [2.24, 2.45) is 0 Å². The van der Waals surface area contributed by atoms with Gasteiger partial charge in [0.2, 0.25) is 7.98 Å². The first-order valence-electron chi connectivity index (χ1n) is 14.3. The minimum absolute atomic E-state index is 0.200. The van der Waals surface area contributed by atoms with Gasteiger partial charge in [-0.1, -0.05) is 67.9 Å². The highest BCUT2D eigenvalue weighted by atomic mass is 16.2. The molecule has 5 aromatic rings. The number of benzene rings is 5. The third-order valence-corrected chi connectivity index (χ3v) is 9.02. The summed E-state index contributed by atoms with van der Waals surface area (Å²) in [6.45, 7) is 10.9. The fraction of sp³-hybridized carbons (Fsp3) is 0.158. The molecule has 5 aromatic carbocycles. The van der Waals surface area contributed by atoms with Crippen LogP contribution in [-0.2, 0) is 5.41 Å². The van der Waals surface area contributed by atoms with Crippen LogP contribution in [0.15, 0.2) is 90.5 Å². The molecule has 0 bridgehead atoms. The Morgan fingerprint density at radius 2 is 1.24 bits per heavy atom. The number of hydrogen-bond donors (Lipinski definition) is 0. The van der Waals surface area contributed by atoms with Gasteiger partial charge in [0.1, 0.15) is 0 Å². The van der Waals surface area contributed by atoms with Crippen LogP contribution in [0.1, 0.15) is 67.9 Å². The van der Waals surface area contributed by atoms with E-state index in [9.17, 15) is 9.59 Å². The molecule has 202 valence electrons. The minimum Gasteiger partial charge on any atom is -0.397 e. The summed E-state index contributed by atoms with van der Waals surface area (Å²) in [6, 6.07) is 28.4. The summed E-state index contributed by atoms with van der Waals surface area (Å²) in [5.74, 6) is -0.450. The van der Waals surface area contributed by atoms with E-state index < -0.39 is 0 Å². The molecule has 0 amide bonds. The average molecular weight is 543 g/mol. The first kappa shape index (κ1) is 26.2. The lowest BCUT2D eigenvalue weighted by Gasteiger charge is -2.41. The fourth-order valence-electron chi connectivity index (χ4n) is 6.97. The average Bonchev–Trinajstić information content (AvgIpc) is 3.18. The molecule has 2 aliphatic rings. The summed E-state index contributed by atoms with van der Waals surface area (Å²) in [7, 11) is 6.72. The van der Waals surface area contributed by atoms with Crippen molar-refractivity contribution in [1.29, 1.82) is 0 Å². The molecule has 3 nitrogen and oxygen atoms in total. The van der Waals surface area contributed by atoms with Gasteiger partial charge < -0.3 is 4.81 Å². The van der Waals surface area contributed by atoms with Crippen molar-refractivity contribution in [1.82, 2.24) is 0 Å². The van der Waals surface area contributed by atoms with E-state index in [1.54, 1.807) is 10.9 Å². The number of fused-ring (bicyclic) bond motifs is 4. The lowest BCUT2D eigenvalue weighted by Crippen LogP contribution is -2.31. The zero-order chi connectivity index (χ0) is 29.5. The van der Waals surface area contributed by atoms with Crippen molar-refractivity contribution in [3.8, 4) is 11.1 Å². The van der Waals surface area contributed by atoms with Crippen LogP contribution in [0.2, 0.25) is 0 Å². The van der Waals surface area contributed by atoms with Crippen LogP contribution in [0.5, 0.6) is 0 Å². The van der Waals surface area contributed by atoms with Gasteiger partial charge in [-0.05, 0) is 113 Å². The molecule has 0 aromatic heterocycles. The van der Waals surface area contributed by atoms with Crippen LogP contribution in [-0.4, -0.2) is 19.5 Å². The second kappa shape index (κ2) is 9.16. The van der Waals surface area contributed by atoms with Crippen LogP contribution in [0, 0.1) is 20.8 Å². The molecule has 0 fully saturated rings. The molecule has 4 heteroatoms. The van der Waals surface area contributed by atoms with E-state index in [4.69, 9.17) is 7.98 Å². The normalized spacial score (nSPS) is 15.1. The zero-order valence-corrected chi connectivity index (χ0v) is 24.5. The Bertz CT molecular complexity index is 1970. The van der Waals surface area contributed by atoms with Gasteiger partial charge in [0, 0.05) is 27.9 Å². The minimum atomic E-state index is -0.373. The molecule has 1 aliphatic carbocycles. The summed E-state index contributed by atoms with van der Waals surface area (Å²) in [5, 5.41) is 1.90.